The summed E-state index contributed by atoms with van der Waals surface area (Å²) in [7, 11) is -3.34. The van der Waals surface area contributed by atoms with Gasteiger partial charge < -0.3 is 10.2 Å². The first kappa shape index (κ1) is 21.1. The quantitative estimate of drug-likeness (QED) is 0.609. The largest absolute Gasteiger partial charge is 0.416 e. The molecule has 0 radical (unpaired) electrons. The summed E-state index contributed by atoms with van der Waals surface area (Å²) in [6.07, 6.45) is -2.30. The van der Waals surface area contributed by atoms with Crippen LogP contribution < -0.4 is 10.2 Å². The van der Waals surface area contributed by atoms with Gasteiger partial charge in [0.15, 0.2) is 9.84 Å². The molecule has 3 aromatic rings. The summed E-state index contributed by atoms with van der Waals surface area (Å²) < 4.78 is 62.7. The Kier molecular flexibility index (Phi) is 5.34. The molecule has 1 aliphatic rings. The Morgan fingerprint density at radius 2 is 1.81 bits per heavy atom. The van der Waals surface area contributed by atoms with Crippen molar-refractivity contribution < 1.29 is 21.6 Å². The Morgan fingerprint density at radius 3 is 2.48 bits per heavy atom. The van der Waals surface area contributed by atoms with Gasteiger partial charge in [-0.1, -0.05) is 13.0 Å². The van der Waals surface area contributed by atoms with Crippen molar-refractivity contribution in [3.8, 4) is 0 Å². The summed E-state index contributed by atoms with van der Waals surface area (Å²) in [5.41, 5.74) is 1.52. The highest BCUT2D eigenvalue weighted by molar-refractivity contribution is 7.91. The van der Waals surface area contributed by atoms with E-state index in [2.05, 4.69) is 15.3 Å². The Hall–Kier alpha value is -3.14. The number of fused-ring (bicyclic) bond motifs is 1. The number of alkyl halides is 3. The van der Waals surface area contributed by atoms with Crippen molar-refractivity contribution >= 4 is 32.8 Å². The molecule has 1 aromatic heterocycles. The average molecular weight is 448 g/mol. The Morgan fingerprint density at radius 1 is 1.06 bits per heavy atom. The van der Waals surface area contributed by atoms with Crippen LogP contribution in [0.5, 0.6) is 0 Å². The maximum atomic E-state index is 12.7. The predicted molar refractivity (Wildman–Crippen MR) is 112 cm³/mol. The molecule has 4 rings (SSSR count). The highest BCUT2D eigenvalue weighted by Crippen LogP contribution is 2.36. The van der Waals surface area contributed by atoms with Gasteiger partial charge in [-0.15, -0.1) is 0 Å². The van der Waals surface area contributed by atoms with Crippen molar-refractivity contribution in [2.24, 2.45) is 0 Å². The lowest BCUT2D eigenvalue weighted by molar-refractivity contribution is -0.137. The monoisotopic (exact) mass is 448 g/mol. The molecule has 0 aliphatic carbocycles. The van der Waals surface area contributed by atoms with Crippen molar-refractivity contribution in [3.63, 3.8) is 0 Å². The van der Waals surface area contributed by atoms with Crippen LogP contribution in [0, 0.1) is 0 Å². The molecule has 31 heavy (non-hydrogen) atoms. The number of benzene rings is 2. The molecule has 2 heterocycles. The third-order valence-corrected chi connectivity index (χ3v) is 6.84. The smallest absolute Gasteiger partial charge is 0.340 e. The third-order valence-electron chi connectivity index (χ3n) is 5.11. The lowest BCUT2D eigenvalue weighted by atomic mass is 10.2. The maximum Gasteiger partial charge on any atom is 0.416 e. The number of rotatable bonds is 5. The van der Waals surface area contributed by atoms with Crippen LogP contribution in [0.2, 0.25) is 0 Å². The van der Waals surface area contributed by atoms with Crippen LogP contribution in [0.3, 0.4) is 0 Å². The molecule has 1 aliphatic heterocycles. The topological polar surface area (TPSA) is 75.2 Å². The Labute approximate surface area is 177 Å². The number of aromatic nitrogens is 2. The van der Waals surface area contributed by atoms with Gasteiger partial charge in [-0.05, 0) is 48.4 Å². The van der Waals surface area contributed by atoms with Crippen LogP contribution in [0.15, 0.2) is 59.8 Å². The molecule has 0 fully saturated rings. The lowest BCUT2D eigenvalue weighted by Gasteiger charge is -2.19. The molecule has 2 aromatic carbocycles. The van der Waals surface area contributed by atoms with E-state index >= 15 is 0 Å². The van der Waals surface area contributed by atoms with Gasteiger partial charge in [0.2, 0.25) is 0 Å². The number of hydrogen-bond donors (Lipinski definition) is 1. The van der Waals surface area contributed by atoms with Gasteiger partial charge in [0.05, 0.1) is 16.2 Å². The van der Waals surface area contributed by atoms with Crippen molar-refractivity contribution in [1.29, 1.82) is 0 Å². The molecular weight excluding hydrogens is 429 g/mol. The Balaban J connectivity index is 1.60. The van der Waals surface area contributed by atoms with Crippen molar-refractivity contribution in [2.45, 2.75) is 24.4 Å². The van der Waals surface area contributed by atoms with Gasteiger partial charge in [-0.25, -0.2) is 18.4 Å². The van der Waals surface area contributed by atoms with Gasteiger partial charge in [0.25, 0.3) is 0 Å². The van der Waals surface area contributed by atoms with E-state index in [1.165, 1.54) is 18.5 Å². The van der Waals surface area contributed by atoms with E-state index in [9.17, 15) is 21.6 Å². The second kappa shape index (κ2) is 7.84. The molecule has 10 heteroatoms. The molecule has 0 atom stereocenters. The van der Waals surface area contributed by atoms with Crippen LogP contribution >= 0.6 is 0 Å². The molecule has 0 bridgehead atoms. The van der Waals surface area contributed by atoms with Gasteiger partial charge in [-0.3, -0.25) is 0 Å². The van der Waals surface area contributed by atoms with Crippen LogP contribution in [0.1, 0.15) is 18.1 Å². The molecule has 162 valence electrons. The molecule has 6 nitrogen and oxygen atoms in total. The molecule has 0 spiro atoms. The zero-order valence-corrected chi connectivity index (χ0v) is 17.3. The van der Waals surface area contributed by atoms with Gasteiger partial charge in [-0.2, -0.15) is 13.2 Å². The standard InChI is InChI=1S/C21H19F3N4O2S/c1-2-31(29,30)17-8-3-14-9-10-28(18(14)11-17)20-12-19(25-13-26-20)27-16-6-4-15(5-7-16)21(22,23)24/h3-8,11-13H,2,9-10H2,1H3,(H,25,26,27). The predicted octanol–water partition coefficient (Wildman–Crippen LogP) is 4.73. The molecular formula is C21H19F3N4O2S. The average Bonchev–Trinajstić information content (AvgIpc) is 3.17. The maximum absolute atomic E-state index is 12.7. The number of anilines is 4. The number of nitrogens with one attached hydrogen (secondary N) is 1. The zero-order chi connectivity index (χ0) is 22.2. The lowest BCUT2D eigenvalue weighted by Crippen LogP contribution is -2.15. The molecule has 1 N–H and O–H groups in total. The van der Waals surface area contributed by atoms with E-state index in [0.29, 0.717) is 23.9 Å². The Bertz CT molecular complexity index is 1210. The summed E-state index contributed by atoms with van der Waals surface area (Å²) in [4.78, 5) is 10.6. The SMILES string of the molecule is CCS(=O)(=O)c1ccc2c(c1)N(c1cc(Nc3ccc(C(F)(F)F)cc3)ncn1)CC2. The normalized spacial score (nSPS) is 13.9. The minimum atomic E-state index is -4.39. The number of sulfone groups is 1. The first-order chi connectivity index (χ1) is 14.7. The van der Waals surface area contributed by atoms with Crippen LogP contribution in [0.25, 0.3) is 0 Å². The van der Waals surface area contributed by atoms with Crippen LogP contribution in [-0.4, -0.2) is 30.7 Å². The molecule has 0 amide bonds. The first-order valence-electron chi connectivity index (χ1n) is 9.57. The summed E-state index contributed by atoms with van der Waals surface area (Å²) in [5.74, 6) is 0.991. The van der Waals surface area contributed by atoms with E-state index in [-0.39, 0.29) is 10.6 Å². The van der Waals surface area contributed by atoms with E-state index in [1.54, 1.807) is 25.1 Å². The van der Waals surface area contributed by atoms with Crippen LogP contribution in [0.4, 0.5) is 36.2 Å². The van der Waals surface area contributed by atoms with E-state index in [0.717, 1.165) is 29.8 Å². The molecule has 0 saturated heterocycles. The van der Waals surface area contributed by atoms with E-state index < -0.39 is 21.6 Å². The minimum absolute atomic E-state index is 0.0144. The summed E-state index contributed by atoms with van der Waals surface area (Å²) in [5, 5.41) is 2.97. The first-order valence-corrected chi connectivity index (χ1v) is 11.2. The van der Waals surface area contributed by atoms with E-state index in [1.807, 2.05) is 11.0 Å². The fourth-order valence-corrected chi connectivity index (χ4v) is 4.31. The van der Waals surface area contributed by atoms with Crippen LogP contribution in [-0.2, 0) is 22.4 Å². The highest BCUT2D eigenvalue weighted by Gasteiger charge is 2.30. The van der Waals surface area contributed by atoms with Gasteiger partial charge in [0.1, 0.15) is 18.0 Å². The van der Waals surface area contributed by atoms with Crippen molar-refractivity contribution in [3.05, 3.63) is 66.0 Å². The molecule has 0 unspecified atom stereocenters. The minimum Gasteiger partial charge on any atom is -0.340 e. The van der Waals surface area contributed by atoms with Crippen molar-refractivity contribution in [2.75, 3.05) is 22.5 Å². The van der Waals surface area contributed by atoms with Gasteiger partial charge in [0, 0.05) is 24.0 Å². The second-order valence-electron chi connectivity index (χ2n) is 7.06. The van der Waals surface area contributed by atoms with Crippen molar-refractivity contribution in [1.82, 2.24) is 9.97 Å². The fourth-order valence-electron chi connectivity index (χ4n) is 3.41. The highest BCUT2D eigenvalue weighted by atomic mass is 32.2. The van der Waals surface area contributed by atoms with E-state index in [4.69, 9.17) is 0 Å². The second-order valence-corrected chi connectivity index (χ2v) is 9.34. The number of hydrogen-bond acceptors (Lipinski definition) is 6. The van der Waals surface area contributed by atoms with Gasteiger partial charge >= 0.3 is 6.18 Å². The third kappa shape index (κ3) is 4.34. The zero-order valence-electron chi connectivity index (χ0n) is 16.5. The number of nitrogens with zero attached hydrogens (tertiary/aromatic N) is 3. The summed E-state index contributed by atoms with van der Waals surface area (Å²) in [6, 6.07) is 11.4. The number of halogens is 3. The summed E-state index contributed by atoms with van der Waals surface area (Å²) >= 11 is 0. The summed E-state index contributed by atoms with van der Waals surface area (Å²) in [6.45, 7) is 2.23. The molecule has 0 saturated carbocycles. The fraction of sp³-hybridized carbons (Fsp3) is 0.238.